The summed E-state index contributed by atoms with van der Waals surface area (Å²) in [6.07, 6.45) is -8.28. The predicted octanol–water partition coefficient (Wildman–Crippen LogP) is 0.462. The second-order valence-corrected chi connectivity index (χ2v) is 15.2. The van der Waals surface area contributed by atoms with Crippen LogP contribution in [0.5, 0.6) is 11.5 Å². The number of esters is 1. The van der Waals surface area contributed by atoms with Gasteiger partial charge in [0.1, 0.15) is 46.9 Å². The lowest BCUT2D eigenvalue weighted by Gasteiger charge is -2.53. The summed E-state index contributed by atoms with van der Waals surface area (Å²) in [4.78, 5) is 82.3. The molecule has 310 valence electrons. The van der Waals surface area contributed by atoms with Crippen LogP contribution in [0.1, 0.15) is 95.2 Å². The van der Waals surface area contributed by atoms with Gasteiger partial charge in [0.25, 0.3) is 0 Å². The number of aliphatic hydroxyl groups is 3. The zero-order valence-electron chi connectivity index (χ0n) is 32.3. The Balaban J connectivity index is 1.27. The number of benzene rings is 2. The Labute approximate surface area is 330 Å². The average Bonchev–Trinajstić information content (AvgIpc) is 3.16. The van der Waals surface area contributed by atoms with Crippen LogP contribution in [0.25, 0.3) is 0 Å². The zero-order chi connectivity index (χ0) is 42.3. The minimum absolute atomic E-state index is 0.0111. The summed E-state index contributed by atoms with van der Waals surface area (Å²) in [5, 5.41) is 61.7. The molecule has 7 rings (SSSR count). The molecule has 2 saturated heterocycles. The number of allylic oxidation sites excluding steroid dienone is 2. The van der Waals surface area contributed by atoms with Gasteiger partial charge in [0.15, 0.2) is 35.5 Å². The molecule has 10 atom stereocenters. The van der Waals surface area contributed by atoms with Crippen molar-refractivity contribution < 1.29 is 82.7 Å². The lowest BCUT2D eigenvalue weighted by molar-refractivity contribution is -0.288. The lowest BCUT2D eigenvalue weighted by Crippen LogP contribution is -2.69. The third-order valence-electron chi connectivity index (χ3n) is 12.0. The normalized spacial score (nSPS) is 33.1. The molecular weight excluding hydrogens is 766 g/mol. The van der Waals surface area contributed by atoms with Crippen molar-refractivity contribution in [2.45, 2.75) is 94.8 Å². The summed E-state index contributed by atoms with van der Waals surface area (Å²) in [7, 11) is 3.44. The standard InChI is InChI=1S/C40H43NO17/c1-14-9-17-10-23(44)39(13-53-4)36(50)27-19(35(49)40(39,52)28(17)31(47)25(14)38(51)55-6)11-18-26(30(27)46)22(43)12-20(29(18)45)41-37-34(54-5)32(48)33(16(3)57-37)58-24-8-7-21(42)15(2)56-24/h9,11-12,15-16,23-24,32-34,37,41,44,46-48,52H,7-8,10,13H2,1-6H3/t15-,16-,23+,24+,32+,33-,34+,37?,39?,40-/m0/s1. The lowest BCUT2D eigenvalue weighted by atomic mass is 9.51. The third-order valence-corrected chi connectivity index (χ3v) is 12.0. The van der Waals surface area contributed by atoms with Crippen LogP contribution in [0.3, 0.4) is 0 Å². The van der Waals surface area contributed by atoms with Crippen molar-refractivity contribution in [2.24, 2.45) is 5.41 Å². The Morgan fingerprint density at radius 2 is 1.66 bits per heavy atom. The van der Waals surface area contributed by atoms with Crippen molar-refractivity contribution >= 4 is 34.9 Å². The van der Waals surface area contributed by atoms with E-state index in [9.17, 15) is 54.3 Å². The van der Waals surface area contributed by atoms with Gasteiger partial charge in [-0.3, -0.25) is 24.0 Å². The molecular formula is C40H43NO17. The number of rotatable bonds is 8. The smallest absolute Gasteiger partial charge is 0.341 e. The molecule has 18 nitrogen and oxygen atoms in total. The minimum atomic E-state index is -3.16. The number of aryl methyl sites for hydroxylation is 1. The van der Waals surface area contributed by atoms with Crippen LogP contribution in [0.15, 0.2) is 23.9 Å². The van der Waals surface area contributed by atoms with Crippen molar-refractivity contribution in [2.75, 3.05) is 27.9 Å². The average molecular weight is 810 g/mol. The fourth-order valence-corrected chi connectivity index (χ4v) is 9.08. The Morgan fingerprint density at radius 3 is 2.29 bits per heavy atom. The minimum Gasteiger partial charge on any atom is -0.507 e. The second-order valence-electron chi connectivity index (χ2n) is 15.2. The molecule has 5 aliphatic rings. The number of methoxy groups -OCH3 is 3. The van der Waals surface area contributed by atoms with Crippen molar-refractivity contribution in [1.82, 2.24) is 5.32 Å². The summed E-state index contributed by atoms with van der Waals surface area (Å²) >= 11 is 0. The SMILES string of the molecule is COCC12C(=O)c3c(cc4c(c3O)C(=O)C=C(NC3O[C@@H](C)[C@H](O[C@@H]5CCC(=O)[C@H](C)O5)[C@@H](O)[C@H]3OC)C4=O)C(=O)[C@@]1(O)c1c(cc(C)c(C(=O)OC)c1O)C[C@H]2O. The first-order chi connectivity index (χ1) is 27.4. The van der Waals surface area contributed by atoms with E-state index in [4.69, 9.17) is 28.4 Å². The molecule has 58 heavy (non-hydrogen) atoms. The van der Waals surface area contributed by atoms with Gasteiger partial charge in [0, 0.05) is 56.2 Å². The summed E-state index contributed by atoms with van der Waals surface area (Å²) in [5.41, 5.74) is -9.77. The number of aromatic hydroxyl groups is 2. The van der Waals surface area contributed by atoms with E-state index in [1.807, 2.05) is 0 Å². The van der Waals surface area contributed by atoms with Crippen LogP contribution in [0, 0.1) is 12.3 Å². The van der Waals surface area contributed by atoms with Crippen molar-refractivity contribution in [1.29, 1.82) is 0 Å². The third kappa shape index (κ3) is 5.76. The number of Topliss-reactive ketones (excluding diaryl/α,β-unsaturated/α-hetero) is 4. The van der Waals surface area contributed by atoms with Crippen LogP contribution in [-0.2, 0) is 45.2 Å². The number of phenolic OH excluding ortho intramolecular Hbond substituents is 2. The summed E-state index contributed by atoms with van der Waals surface area (Å²) in [6.45, 7) is 3.79. The first kappa shape index (κ1) is 41.2. The van der Waals surface area contributed by atoms with E-state index in [1.165, 1.54) is 20.1 Å². The van der Waals surface area contributed by atoms with E-state index in [0.717, 1.165) is 26.4 Å². The summed E-state index contributed by atoms with van der Waals surface area (Å²) in [6, 6.07) is 2.20. The van der Waals surface area contributed by atoms with Crippen LogP contribution in [0.2, 0.25) is 0 Å². The molecule has 3 aliphatic carbocycles. The van der Waals surface area contributed by atoms with Crippen molar-refractivity contribution in [3.05, 3.63) is 68.4 Å². The quantitative estimate of drug-likeness (QED) is 0.198. The molecule has 18 heteroatoms. The largest absolute Gasteiger partial charge is 0.507 e. The van der Waals surface area contributed by atoms with E-state index >= 15 is 0 Å². The van der Waals surface area contributed by atoms with Gasteiger partial charge in [-0.25, -0.2) is 4.79 Å². The van der Waals surface area contributed by atoms with Crippen LogP contribution >= 0.6 is 0 Å². The zero-order valence-corrected chi connectivity index (χ0v) is 32.3. The van der Waals surface area contributed by atoms with E-state index in [1.54, 1.807) is 13.8 Å². The molecule has 0 saturated carbocycles. The van der Waals surface area contributed by atoms with Gasteiger partial charge in [-0.15, -0.1) is 0 Å². The molecule has 2 unspecified atom stereocenters. The molecule has 0 radical (unpaired) electrons. The monoisotopic (exact) mass is 809 g/mol. The maximum absolute atomic E-state index is 14.8. The fraction of sp³-hybridized carbons (Fsp3) is 0.500. The number of fused-ring (bicyclic) bond motifs is 5. The van der Waals surface area contributed by atoms with Crippen molar-refractivity contribution in [3.8, 4) is 11.5 Å². The van der Waals surface area contributed by atoms with Crippen molar-refractivity contribution in [3.63, 3.8) is 0 Å². The molecule has 2 aliphatic heterocycles. The Morgan fingerprint density at radius 1 is 0.948 bits per heavy atom. The van der Waals surface area contributed by atoms with Gasteiger partial charge in [-0.05, 0) is 38.0 Å². The Bertz CT molecular complexity index is 2200. The number of aliphatic hydroxyl groups excluding tert-OH is 2. The Hall–Kier alpha value is -4.92. The van der Waals surface area contributed by atoms with E-state index in [-0.39, 0.29) is 29.8 Å². The van der Waals surface area contributed by atoms with Gasteiger partial charge >= 0.3 is 5.97 Å². The molecule has 2 aromatic rings. The van der Waals surface area contributed by atoms with Gasteiger partial charge < -0.3 is 59.3 Å². The van der Waals surface area contributed by atoms with Gasteiger partial charge in [-0.1, -0.05) is 6.07 Å². The maximum atomic E-state index is 14.8. The molecule has 0 amide bonds. The molecule has 2 heterocycles. The number of phenols is 2. The van der Waals surface area contributed by atoms with Crippen LogP contribution in [0.4, 0.5) is 0 Å². The van der Waals surface area contributed by atoms with Crippen LogP contribution < -0.4 is 5.32 Å². The number of carbonyl (C=O) groups is 6. The highest BCUT2D eigenvalue weighted by molar-refractivity contribution is 6.30. The molecule has 0 aromatic heterocycles. The Kier molecular flexibility index (Phi) is 10.5. The molecule has 0 bridgehead atoms. The van der Waals surface area contributed by atoms with E-state index in [2.05, 4.69) is 5.32 Å². The van der Waals surface area contributed by atoms with Gasteiger partial charge in [0.05, 0.1) is 42.7 Å². The fourth-order valence-electron chi connectivity index (χ4n) is 9.08. The predicted molar refractivity (Wildman–Crippen MR) is 193 cm³/mol. The van der Waals surface area contributed by atoms with Gasteiger partial charge in [-0.2, -0.15) is 0 Å². The van der Waals surface area contributed by atoms with Gasteiger partial charge in [0.2, 0.25) is 11.6 Å². The number of nitrogens with one attached hydrogen (secondary N) is 1. The first-order valence-electron chi connectivity index (χ1n) is 18.5. The highest BCUT2D eigenvalue weighted by atomic mass is 16.7. The maximum Gasteiger partial charge on any atom is 0.341 e. The van der Waals surface area contributed by atoms with E-state index < -0.39 is 153 Å². The van der Waals surface area contributed by atoms with E-state index in [0.29, 0.717) is 0 Å². The molecule has 6 N–H and O–H groups in total. The number of hydrogen-bond acceptors (Lipinski definition) is 18. The number of ketones is 5. The molecule has 2 aromatic carbocycles. The summed E-state index contributed by atoms with van der Waals surface area (Å²) in [5.74, 6) is -7.66. The topological polar surface area (TPSA) is 271 Å². The summed E-state index contributed by atoms with van der Waals surface area (Å²) < 4.78 is 33.3. The van der Waals surface area contributed by atoms with Crippen LogP contribution in [-0.4, -0.2) is 137 Å². The number of hydrogen-bond donors (Lipinski definition) is 6. The molecule has 0 spiro atoms. The number of carbonyl (C=O) groups excluding carboxylic acids is 6. The first-order valence-corrected chi connectivity index (χ1v) is 18.5. The highest BCUT2D eigenvalue weighted by Gasteiger charge is 2.72. The molecule has 2 fully saturated rings. The number of ether oxygens (including phenoxy) is 6. The highest BCUT2D eigenvalue weighted by Crippen LogP contribution is 2.59. The second kappa shape index (κ2) is 14.7.